The summed E-state index contributed by atoms with van der Waals surface area (Å²) in [6.45, 7) is -2.03. The van der Waals surface area contributed by atoms with E-state index in [-0.39, 0.29) is 28.6 Å². The number of carbonyl (C=O) groups excluding carboxylic acids is 1. The number of fused-ring (bicyclic) bond motifs is 1. The van der Waals surface area contributed by atoms with E-state index in [0.717, 1.165) is 6.07 Å². The second-order valence-electron chi connectivity index (χ2n) is 6.34. The number of halogens is 4. The number of methoxy groups -OCH3 is 1. The van der Waals surface area contributed by atoms with E-state index in [4.69, 9.17) is 4.74 Å². The first-order valence-electron chi connectivity index (χ1n) is 8.80. The molecule has 0 N–H and O–H groups in total. The maximum atomic E-state index is 14.4. The van der Waals surface area contributed by atoms with Crippen molar-refractivity contribution in [3.63, 3.8) is 0 Å². The number of rotatable bonds is 7. The van der Waals surface area contributed by atoms with E-state index in [1.54, 1.807) is 6.92 Å². The molecule has 0 radical (unpaired) electrons. The summed E-state index contributed by atoms with van der Waals surface area (Å²) in [4.78, 5) is 15.4. The lowest BCUT2D eigenvalue weighted by atomic mass is 9.97. The number of pyridine rings is 1. The molecule has 0 aliphatic rings. The molecule has 1 heterocycles. The minimum Gasteiger partial charge on any atom is -0.481 e. The van der Waals surface area contributed by atoms with Gasteiger partial charge in [0.25, 0.3) is 0 Å². The minimum atomic E-state index is -3.18. The Hall–Kier alpha value is -3.36. The van der Waals surface area contributed by atoms with E-state index in [1.807, 2.05) is 0 Å². The van der Waals surface area contributed by atoms with E-state index < -0.39 is 36.7 Å². The highest BCUT2D eigenvalue weighted by molar-refractivity contribution is 5.91. The molecule has 0 saturated heterocycles. The minimum absolute atomic E-state index is 0.0735. The van der Waals surface area contributed by atoms with Crippen molar-refractivity contribution in [2.45, 2.75) is 20.0 Å². The van der Waals surface area contributed by atoms with Crippen molar-refractivity contribution in [3.8, 4) is 11.6 Å². The summed E-state index contributed by atoms with van der Waals surface area (Å²) in [6, 6.07) is 7.81. The zero-order valence-electron chi connectivity index (χ0n) is 16.0. The number of hydrogen-bond donors (Lipinski definition) is 0. The normalized spacial score (nSPS) is 11.0. The van der Waals surface area contributed by atoms with Crippen LogP contribution in [0.5, 0.6) is 11.6 Å². The van der Waals surface area contributed by atoms with E-state index in [0.29, 0.717) is 11.1 Å². The fourth-order valence-corrected chi connectivity index (χ4v) is 3.01. The van der Waals surface area contributed by atoms with Crippen molar-refractivity contribution < 1.29 is 36.6 Å². The van der Waals surface area contributed by atoms with Gasteiger partial charge in [0.05, 0.1) is 7.11 Å². The highest BCUT2D eigenvalue weighted by Crippen LogP contribution is 2.36. The van der Waals surface area contributed by atoms with Crippen LogP contribution >= 0.6 is 0 Å². The number of benzene rings is 2. The summed E-state index contributed by atoms with van der Waals surface area (Å²) in [7, 11) is 1.19. The molecule has 0 bridgehead atoms. The maximum absolute atomic E-state index is 14.4. The third-order valence-corrected chi connectivity index (χ3v) is 4.46. The average molecular weight is 423 g/mol. The first-order chi connectivity index (χ1) is 14.3. The molecule has 0 saturated carbocycles. The van der Waals surface area contributed by atoms with Gasteiger partial charge in [-0.15, -0.1) is 0 Å². The van der Waals surface area contributed by atoms with Gasteiger partial charge in [-0.2, -0.15) is 8.78 Å². The van der Waals surface area contributed by atoms with Crippen molar-refractivity contribution in [2.75, 3.05) is 13.7 Å². The van der Waals surface area contributed by atoms with Crippen molar-refractivity contribution in [2.24, 2.45) is 0 Å². The van der Waals surface area contributed by atoms with E-state index >= 15 is 0 Å². The fourth-order valence-electron chi connectivity index (χ4n) is 3.01. The monoisotopic (exact) mass is 423 g/mol. The zero-order chi connectivity index (χ0) is 21.8. The van der Waals surface area contributed by atoms with Crippen LogP contribution in [-0.2, 0) is 16.0 Å². The topological polar surface area (TPSA) is 57.7 Å². The van der Waals surface area contributed by atoms with Crippen LogP contribution in [0.3, 0.4) is 0 Å². The van der Waals surface area contributed by atoms with Crippen LogP contribution in [0.4, 0.5) is 17.6 Å². The number of nitrogens with zero attached hydrogens (tertiary/aromatic N) is 1. The molecule has 2 aromatic carbocycles. The summed E-state index contributed by atoms with van der Waals surface area (Å²) in [5, 5.41) is 0.206. The molecule has 0 amide bonds. The second kappa shape index (κ2) is 8.98. The lowest BCUT2D eigenvalue weighted by Gasteiger charge is -2.17. The molecule has 3 rings (SSSR count). The maximum Gasteiger partial charge on any atom is 0.388 e. The van der Waals surface area contributed by atoms with Gasteiger partial charge in [-0.05, 0) is 42.3 Å². The molecule has 1 aromatic heterocycles. The molecule has 0 fully saturated rings. The van der Waals surface area contributed by atoms with Gasteiger partial charge in [-0.3, -0.25) is 0 Å². The van der Waals surface area contributed by atoms with Crippen molar-refractivity contribution in [1.82, 2.24) is 4.98 Å². The third kappa shape index (κ3) is 4.61. The predicted molar refractivity (Wildman–Crippen MR) is 99.8 cm³/mol. The first kappa shape index (κ1) is 21.4. The number of hydrogen-bond acceptors (Lipinski definition) is 5. The van der Waals surface area contributed by atoms with E-state index in [9.17, 15) is 22.4 Å². The molecule has 0 spiro atoms. The Morgan fingerprint density at radius 2 is 1.80 bits per heavy atom. The number of carbonyl (C=O) groups is 1. The van der Waals surface area contributed by atoms with E-state index in [2.05, 4.69) is 14.5 Å². The summed E-state index contributed by atoms with van der Waals surface area (Å²) in [5.41, 5.74) is 0.990. The van der Waals surface area contributed by atoms with Gasteiger partial charge in [0.1, 0.15) is 22.9 Å². The Kier molecular flexibility index (Phi) is 6.39. The standard InChI is InChI=1S/C21H17F4NO4/c1-11-14(9-12-3-5-13(22)6-4-12)20(30-21(24)25)26-19-15(23)7-8-16(18(11)19)29-10-17(27)28-2/h3-8,21H,9-10H2,1-2H3. The highest BCUT2D eigenvalue weighted by atomic mass is 19.3. The molecule has 158 valence electrons. The van der Waals surface area contributed by atoms with Crippen molar-refractivity contribution >= 4 is 16.9 Å². The third-order valence-electron chi connectivity index (χ3n) is 4.46. The van der Waals surface area contributed by atoms with Crippen LogP contribution in [-0.4, -0.2) is 31.3 Å². The van der Waals surface area contributed by atoms with Crippen LogP contribution in [0.2, 0.25) is 0 Å². The Balaban J connectivity index is 2.16. The van der Waals surface area contributed by atoms with Crippen LogP contribution in [0.25, 0.3) is 10.9 Å². The zero-order valence-corrected chi connectivity index (χ0v) is 16.0. The Bertz CT molecular complexity index is 1070. The quantitative estimate of drug-likeness (QED) is 0.412. The molecule has 0 atom stereocenters. The summed E-state index contributed by atoms with van der Waals surface area (Å²) in [5.74, 6) is -2.18. The SMILES string of the molecule is COC(=O)COc1ccc(F)c2nc(OC(F)F)c(Cc3ccc(F)cc3)c(C)c12. The number of aromatic nitrogens is 1. The molecule has 5 nitrogen and oxygen atoms in total. The molecule has 3 aromatic rings. The largest absolute Gasteiger partial charge is 0.481 e. The van der Waals surface area contributed by atoms with Crippen LogP contribution in [0, 0.1) is 18.6 Å². The Morgan fingerprint density at radius 1 is 1.10 bits per heavy atom. The van der Waals surface area contributed by atoms with Gasteiger partial charge in [0.15, 0.2) is 6.61 Å². The number of alkyl halides is 2. The smallest absolute Gasteiger partial charge is 0.388 e. The van der Waals surface area contributed by atoms with Crippen molar-refractivity contribution in [3.05, 3.63) is 64.7 Å². The molecule has 9 heteroatoms. The number of aryl methyl sites for hydroxylation is 1. The van der Waals surface area contributed by atoms with Crippen molar-refractivity contribution in [1.29, 1.82) is 0 Å². The second-order valence-corrected chi connectivity index (χ2v) is 6.34. The van der Waals surface area contributed by atoms with Gasteiger partial charge in [0.2, 0.25) is 5.88 Å². The van der Waals surface area contributed by atoms with E-state index in [1.165, 1.54) is 37.4 Å². The average Bonchev–Trinajstić information content (AvgIpc) is 2.71. The van der Waals surface area contributed by atoms with Crippen LogP contribution in [0.15, 0.2) is 36.4 Å². The van der Waals surface area contributed by atoms with Gasteiger partial charge in [-0.25, -0.2) is 18.6 Å². The first-order valence-corrected chi connectivity index (χ1v) is 8.80. The van der Waals surface area contributed by atoms with Crippen LogP contribution in [0.1, 0.15) is 16.7 Å². The molecule has 30 heavy (non-hydrogen) atoms. The molecule has 0 unspecified atom stereocenters. The van der Waals surface area contributed by atoms with Gasteiger partial charge in [0, 0.05) is 17.4 Å². The number of ether oxygens (including phenoxy) is 3. The fraction of sp³-hybridized carbons (Fsp3) is 0.238. The van der Waals surface area contributed by atoms with Gasteiger partial charge < -0.3 is 14.2 Å². The lowest BCUT2D eigenvalue weighted by molar-refractivity contribution is -0.142. The molecular weight excluding hydrogens is 406 g/mol. The van der Waals surface area contributed by atoms with Crippen LogP contribution < -0.4 is 9.47 Å². The van der Waals surface area contributed by atoms with Gasteiger partial charge >= 0.3 is 12.6 Å². The number of esters is 1. The highest BCUT2D eigenvalue weighted by Gasteiger charge is 2.22. The van der Waals surface area contributed by atoms with Gasteiger partial charge in [-0.1, -0.05) is 12.1 Å². The summed E-state index contributed by atoms with van der Waals surface area (Å²) >= 11 is 0. The molecule has 0 aliphatic carbocycles. The molecule has 0 aliphatic heterocycles. The lowest BCUT2D eigenvalue weighted by Crippen LogP contribution is -2.13. The Labute approximate surface area is 169 Å². The predicted octanol–water partition coefficient (Wildman–Crippen LogP) is 4.57. The summed E-state index contributed by atoms with van der Waals surface area (Å²) < 4.78 is 68.1. The molecular formula is C21H17F4NO4. The Morgan fingerprint density at radius 3 is 2.43 bits per heavy atom. The summed E-state index contributed by atoms with van der Waals surface area (Å²) in [6.07, 6.45) is 0.0735.